The Kier molecular flexibility index (Phi) is 3.12. The van der Waals surface area contributed by atoms with Crippen LogP contribution in [-0.4, -0.2) is 13.2 Å². The van der Waals surface area contributed by atoms with Crippen LogP contribution in [0.4, 0.5) is 4.39 Å². The van der Waals surface area contributed by atoms with Gasteiger partial charge in [0.2, 0.25) is 0 Å². The molecule has 1 aliphatic rings. The van der Waals surface area contributed by atoms with Crippen LogP contribution >= 0.6 is 0 Å². The molecule has 1 aromatic rings. The normalized spacial score (nSPS) is 23.0. The number of hydrogen-bond acceptors (Lipinski definition) is 3. The third-order valence-corrected chi connectivity index (χ3v) is 2.92. The smallest absolute Gasteiger partial charge is 0.129 e. The Morgan fingerprint density at radius 3 is 2.88 bits per heavy atom. The van der Waals surface area contributed by atoms with Gasteiger partial charge in [0.25, 0.3) is 0 Å². The van der Waals surface area contributed by atoms with Crippen molar-refractivity contribution in [3.8, 4) is 5.75 Å². The molecule has 0 amide bonds. The van der Waals surface area contributed by atoms with Crippen molar-refractivity contribution in [2.75, 3.05) is 7.11 Å². The van der Waals surface area contributed by atoms with Crippen molar-refractivity contribution in [2.24, 2.45) is 0 Å². The summed E-state index contributed by atoms with van der Waals surface area (Å²) in [7, 11) is 1.57. The summed E-state index contributed by atoms with van der Waals surface area (Å²) in [5.74, 6) is 0.385. The molecule has 1 N–H and O–H groups in total. The second-order valence-corrected chi connectivity index (χ2v) is 4.00. The van der Waals surface area contributed by atoms with Crippen molar-refractivity contribution in [1.82, 2.24) is 5.48 Å². The standard InChI is InChI=1S/C12H16FNO2/c1-4-10-12(14-15-3)8-5-7(2)9(13)6-11(8)16-10/h5-6,10,12,14H,4H2,1-3H3. The van der Waals surface area contributed by atoms with Gasteiger partial charge < -0.3 is 9.57 Å². The quantitative estimate of drug-likeness (QED) is 0.802. The van der Waals surface area contributed by atoms with Crippen LogP contribution in [0.3, 0.4) is 0 Å². The average Bonchev–Trinajstić information content (AvgIpc) is 2.58. The molecule has 0 radical (unpaired) electrons. The maximum Gasteiger partial charge on any atom is 0.129 e. The molecule has 1 aliphatic heterocycles. The molecule has 1 heterocycles. The van der Waals surface area contributed by atoms with E-state index in [1.165, 1.54) is 6.07 Å². The van der Waals surface area contributed by atoms with Gasteiger partial charge in [-0.25, -0.2) is 4.39 Å². The molecule has 3 nitrogen and oxygen atoms in total. The predicted molar refractivity (Wildman–Crippen MR) is 58.7 cm³/mol. The average molecular weight is 225 g/mol. The minimum atomic E-state index is -0.230. The first-order valence-corrected chi connectivity index (χ1v) is 5.42. The number of halogens is 1. The fourth-order valence-electron chi connectivity index (χ4n) is 2.05. The lowest BCUT2D eigenvalue weighted by atomic mass is 10.0. The van der Waals surface area contributed by atoms with Crippen LogP contribution < -0.4 is 10.2 Å². The molecule has 16 heavy (non-hydrogen) atoms. The summed E-state index contributed by atoms with van der Waals surface area (Å²) in [5.41, 5.74) is 4.49. The maximum absolute atomic E-state index is 13.4. The van der Waals surface area contributed by atoms with E-state index in [2.05, 4.69) is 5.48 Å². The second kappa shape index (κ2) is 4.39. The fourth-order valence-corrected chi connectivity index (χ4v) is 2.05. The predicted octanol–water partition coefficient (Wildman–Crippen LogP) is 2.50. The van der Waals surface area contributed by atoms with E-state index in [4.69, 9.17) is 9.57 Å². The van der Waals surface area contributed by atoms with Crippen molar-refractivity contribution in [1.29, 1.82) is 0 Å². The van der Waals surface area contributed by atoms with E-state index in [1.54, 1.807) is 14.0 Å². The molecule has 0 saturated carbocycles. The number of benzene rings is 1. The first kappa shape index (κ1) is 11.4. The van der Waals surface area contributed by atoms with Crippen molar-refractivity contribution in [3.05, 3.63) is 29.1 Å². The number of rotatable bonds is 3. The molecule has 0 aromatic heterocycles. The molecular formula is C12H16FNO2. The lowest BCUT2D eigenvalue weighted by Crippen LogP contribution is -2.29. The molecule has 4 heteroatoms. The first-order valence-electron chi connectivity index (χ1n) is 5.42. The largest absolute Gasteiger partial charge is 0.488 e. The van der Waals surface area contributed by atoms with E-state index in [-0.39, 0.29) is 18.0 Å². The highest BCUT2D eigenvalue weighted by Crippen LogP contribution is 2.39. The first-order chi connectivity index (χ1) is 7.67. The van der Waals surface area contributed by atoms with Gasteiger partial charge in [-0.3, -0.25) is 0 Å². The molecule has 0 fully saturated rings. The van der Waals surface area contributed by atoms with Gasteiger partial charge in [-0.05, 0) is 25.0 Å². The van der Waals surface area contributed by atoms with Crippen molar-refractivity contribution in [2.45, 2.75) is 32.4 Å². The summed E-state index contributed by atoms with van der Waals surface area (Å²) in [6.07, 6.45) is 0.840. The van der Waals surface area contributed by atoms with E-state index in [0.717, 1.165) is 12.0 Å². The van der Waals surface area contributed by atoms with Gasteiger partial charge in [0, 0.05) is 11.6 Å². The third-order valence-electron chi connectivity index (χ3n) is 2.92. The molecule has 88 valence electrons. The van der Waals surface area contributed by atoms with Gasteiger partial charge >= 0.3 is 0 Å². The van der Waals surface area contributed by atoms with E-state index < -0.39 is 0 Å². The summed E-state index contributed by atoms with van der Waals surface area (Å²) in [5, 5.41) is 0. The second-order valence-electron chi connectivity index (χ2n) is 4.00. The van der Waals surface area contributed by atoms with Crippen LogP contribution in [0.25, 0.3) is 0 Å². The Labute approximate surface area is 94.5 Å². The van der Waals surface area contributed by atoms with Crippen LogP contribution in [0.2, 0.25) is 0 Å². The van der Waals surface area contributed by atoms with Crippen LogP contribution in [0.5, 0.6) is 5.75 Å². The van der Waals surface area contributed by atoms with Gasteiger partial charge in [-0.2, -0.15) is 5.48 Å². The lowest BCUT2D eigenvalue weighted by molar-refractivity contribution is 0.0283. The van der Waals surface area contributed by atoms with Gasteiger partial charge in [0.05, 0.1) is 13.2 Å². The molecule has 2 unspecified atom stereocenters. The van der Waals surface area contributed by atoms with Gasteiger partial charge in [0.15, 0.2) is 0 Å². The fraction of sp³-hybridized carbons (Fsp3) is 0.500. The molecule has 2 rings (SSSR count). The molecule has 0 bridgehead atoms. The van der Waals surface area contributed by atoms with Crippen LogP contribution in [0.15, 0.2) is 12.1 Å². The summed E-state index contributed by atoms with van der Waals surface area (Å²) in [6, 6.07) is 3.24. The number of aryl methyl sites for hydroxylation is 1. The van der Waals surface area contributed by atoms with Crippen LogP contribution in [0, 0.1) is 12.7 Å². The summed E-state index contributed by atoms with van der Waals surface area (Å²) < 4.78 is 19.1. The Hall–Kier alpha value is -1.13. The summed E-state index contributed by atoms with van der Waals surface area (Å²) in [4.78, 5) is 4.96. The SMILES string of the molecule is CCC1Oc2cc(F)c(C)cc2C1NOC. The van der Waals surface area contributed by atoms with Crippen molar-refractivity contribution < 1.29 is 14.0 Å². The zero-order valence-corrected chi connectivity index (χ0v) is 9.71. The monoisotopic (exact) mass is 225 g/mol. The highest BCUT2D eigenvalue weighted by atomic mass is 19.1. The summed E-state index contributed by atoms with van der Waals surface area (Å²) in [6.45, 7) is 3.78. The number of nitrogens with one attached hydrogen (secondary N) is 1. The zero-order chi connectivity index (χ0) is 11.7. The number of hydroxylamine groups is 1. The van der Waals surface area contributed by atoms with Gasteiger partial charge in [-0.15, -0.1) is 0 Å². The highest BCUT2D eigenvalue weighted by molar-refractivity contribution is 5.43. The Morgan fingerprint density at radius 1 is 1.50 bits per heavy atom. The van der Waals surface area contributed by atoms with Crippen molar-refractivity contribution >= 4 is 0 Å². The molecule has 0 spiro atoms. The molecule has 1 aromatic carbocycles. The van der Waals surface area contributed by atoms with E-state index >= 15 is 0 Å². The number of hydrogen-bond donors (Lipinski definition) is 1. The molecular weight excluding hydrogens is 209 g/mol. The number of ether oxygens (including phenoxy) is 1. The van der Waals surface area contributed by atoms with Gasteiger partial charge in [-0.1, -0.05) is 6.92 Å². The zero-order valence-electron chi connectivity index (χ0n) is 9.71. The maximum atomic E-state index is 13.4. The van der Waals surface area contributed by atoms with E-state index in [0.29, 0.717) is 11.3 Å². The Balaban J connectivity index is 2.38. The molecule has 0 aliphatic carbocycles. The van der Waals surface area contributed by atoms with Crippen LogP contribution in [0.1, 0.15) is 30.5 Å². The van der Waals surface area contributed by atoms with E-state index in [1.807, 2.05) is 13.0 Å². The third kappa shape index (κ3) is 1.79. The highest BCUT2D eigenvalue weighted by Gasteiger charge is 2.33. The number of fused-ring (bicyclic) bond motifs is 1. The topological polar surface area (TPSA) is 30.5 Å². The minimum Gasteiger partial charge on any atom is -0.488 e. The summed E-state index contributed by atoms with van der Waals surface area (Å²) >= 11 is 0. The molecule has 2 atom stereocenters. The van der Waals surface area contributed by atoms with Crippen LogP contribution in [-0.2, 0) is 4.84 Å². The van der Waals surface area contributed by atoms with Crippen molar-refractivity contribution in [3.63, 3.8) is 0 Å². The Bertz CT molecular complexity index is 395. The van der Waals surface area contributed by atoms with Gasteiger partial charge in [0.1, 0.15) is 17.7 Å². The van der Waals surface area contributed by atoms with E-state index in [9.17, 15) is 4.39 Å². The lowest BCUT2D eigenvalue weighted by Gasteiger charge is -2.17. The minimum absolute atomic E-state index is 0.00356. The Morgan fingerprint density at radius 2 is 2.25 bits per heavy atom. The molecule has 0 saturated heterocycles.